The molecule has 3 N–H and O–H groups in total. The number of rotatable bonds is 6. The van der Waals surface area contributed by atoms with Crippen LogP contribution in [0.1, 0.15) is 11.8 Å². The number of hydrogen-bond acceptors (Lipinski definition) is 12. The lowest BCUT2D eigenvalue weighted by molar-refractivity contribution is -0.0688. The van der Waals surface area contributed by atoms with Crippen LogP contribution in [-0.2, 0) is 38.7 Å². The van der Waals surface area contributed by atoms with Crippen molar-refractivity contribution in [1.82, 2.24) is 9.55 Å². The number of ether oxygens (including phenoxy) is 1. The molecule has 0 bridgehead atoms. The average Bonchev–Trinajstić information content (AvgIpc) is 2.81. The molecular weight excluding hydrogens is 472 g/mol. The van der Waals surface area contributed by atoms with Gasteiger partial charge >= 0.3 is 9.95 Å². The number of aliphatic hydroxyl groups excluding tert-OH is 2. The van der Waals surface area contributed by atoms with Crippen LogP contribution >= 0.6 is 0 Å². The van der Waals surface area contributed by atoms with Crippen molar-refractivity contribution in [1.29, 1.82) is 0 Å². The summed E-state index contributed by atoms with van der Waals surface area (Å²) in [5, 5.41) is 20.7. The van der Waals surface area contributed by atoms with E-state index >= 15 is 0 Å². The first-order valence-electron chi connectivity index (χ1n) is 7.97. The van der Waals surface area contributed by atoms with Crippen LogP contribution in [0.4, 0.5) is 0 Å². The number of hydrogen-bond donors (Lipinski definition) is 3. The first kappa shape index (κ1) is 24.6. The summed E-state index contributed by atoms with van der Waals surface area (Å²) in [7, 11) is -14.8. The molecule has 0 unspecified atom stereocenters. The zero-order valence-electron chi connectivity index (χ0n) is 16.0. The molecule has 0 radical (unpaired) electrons. The van der Waals surface area contributed by atoms with Crippen molar-refractivity contribution < 1.29 is 44.4 Å². The molecule has 172 valence electrons. The van der Waals surface area contributed by atoms with Gasteiger partial charge in [-0.05, 0) is 6.92 Å². The molecule has 0 aliphatic carbocycles. The van der Waals surface area contributed by atoms with Crippen LogP contribution in [0.25, 0.3) is 0 Å². The van der Waals surface area contributed by atoms with E-state index in [2.05, 4.69) is 4.18 Å². The molecule has 30 heavy (non-hydrogen) atoms. The van der Waals surface area contributed by atoms with Gasteiger partial charge in [-0.2, -0.15) is 8.42 Å². The zero-order valence-corrected chi connectivity index (χ0v) is 18.5. The van der Waals surface area contributed by atoms with E-state index in [4.69, 9.17) is 4.74 Å². The maximum absolute atomic E-state index is 12.5. The van der Waals surface area contributed by atoms with Gasteiger partial charge in [-0.25, -0.2) is 25.8 Å². The van der Waals surface area contributed by atoms with Crippen LogP contribution in [0.3, 0.4) is 0 Å². The average molecular weight is 493 g/mol. The van der Waals surface area contributed by atoms with Gasteiger partial charge in [0.25, 0.3) is 15.7 Å². The van der Waals surface area contributed by atoms with Gasteiger partial charge < -0.3 is 14.9 Å². The molecule has 0 aromatic carbocycles. The topological polar surface area (TPSA) is 216 Å². The maximum atomic E-state index is 12.5. The van der Waals surface area contributed by atoms with Gasteiger partial charge in [0.2, 0.25) is 0 Å². The Morgan fingerprint density at radius 1 is 1.03 bits per heavy atom. The summed E-state index contributed by atoms with van der Waals surface area (Å²) in [5.74, 6) is 0. The lowest BCUT2D eigenvalue weighted by atomic mass is 10.1. The molecule has 1 fully saturated rings. The summed E-state index contributed by atoms with van der Waals surface area (Å²) in [4.78, 5) is 25.5. The molecule has 1 aliphatic rings. The third kappa shape index (κ3) is 4.10. The number of aromatic amines is 1. The Bertz CT molecular complexity index is 1240. The van der Waals surface area contributed by atoms with E-state index < -0.39 is 69.8 Å². The minimum absolute atomic E-state index is 0.0341. The third-order valence-electron chi connectivity index (χ3n) is 4.31. The largest absolute Gasteiger partial charge is 0.387 e. The highest BCUT2D eigenvalue weighted by molar-refractivity contribution is 8.10. The van der Waals surface area contributed by atoms with Gasteiger partial charge in [0.1, 0.15) is 18.3 Å². The Kier molecular flexibility index (Phi) is 6.16. The van der Waals surface area contributed by atoms with E-state index in [0.29, 0.717) is 23.3 Å². The summed E-state index contributed by atoms with van der Waals surface area (Å²) < 4.78 is 79.9. The monoisotopic (exact) mass is 492 g/mol. The van der Waals surface area contributed by atoms with Crippen LogP contribution in [0, 0.1) is 6.92 Å². The Balaban J connectivity index is 2.78. The molecule has 1 aromatic heterocycles. The fraction of sp³-hybridized carbons (Fsp3) is 0.692. The predicted molar refractivity (Wildman–Crippen MR) is 100 cm³/mol. The molecule has 1 aromatic rings. The highest BCUT2D eigenvalue weighted by Gasteiger charge is 2.67. The molecule has 4 atom stereocenters. The first-order chi connectivity index (χ1) is 13.3. The molecule has 14 nitrogen and oxygen atoms in total. The lowest BCUT2D eigenvalue weighted by Crippen LogP contribution is -2.61. The smallest absolute Gasteiger partial charge is 0.330 e. The van der Waals surface area contributed by atoms with Crippen molar-refractivity contribution in [2.75, 3.05) is 18.8 Å². The van der Waals surface area contributed by atoms with Gasteiger partial charge in [0, 0.05) is 24.3 Å². The number of aryl methyl sites for hydroxylation is 1. The minimum atomic E-state index is -5.02. The summed E-state index contributed by atoms with van der Waals surface area (Å²) >= 11 is 0. The van der Waals surface area contributed by atoms with Gasteiger partial charge in [-0.1, -0.05) is 0 Å². The van der Waals surface area contributed by atoms with Crippen LogP contribution in [0.2, 0.25) is 0 Å². The molecule has 17 heteroatoms. The molecule has 1 aliphatic heterocycles. The van der Waals surface area contributed by atoms with Gasteiger partial charge in [-0.3, -0.25) is 14.3 Å². The van der Waals surface area contributed by atoms with Gasteiger partial charge in [0.05, 0.1) is 6.26 Å². The number of nitrogens with one attached hydrogen (secondary N) is 1. The quantitative estimate of drug-likeness (QED) is 0.326. The maximum Gasteiger partial charge on any atom is 0.330 e. The van der Waals surface area contributed by atoms with E-state index in [1.54, 1.807) is 0 Å². The Morgan fingerprint density at radius 2 is 1.53 bits per heavy atom. The zero-order chi connectivity index (χ0) is 23.4. The van der Waals surface area contributed by atoms with E-state index in [1.807, 2.05) is 4.98 Å². The van der Waals surface area contributed by atoms with Crippen LogP contribution < -0.4 is 11.2 Å². The van der Waals surface area contributed by atoms with Crippen LogP contribution in [-0.4, -0.2) is 86.4 Å². The number of aliphatic hydroxyl groups is 2. The molecule has 2 rings (SSSR count). The standard InChI is InChI=1S/C13H20N2O12S3/c1-6-5-15(12(19)14-10(6)18)11-8(17)7(16)9(26-11)13(28(2,20)21,29(3,22)23)27-30(4,24)25/h5,7-9,11,16-17H,1-4H3,(H,14,18,19)/t7-,8+,9-,11+/m0/s1. The summed E-state index contributed by atoms with van der Waals surface area (Å²) in [6.45, 7) is 1.29. The fourth-order valence-corrected chi connectivity index (χ4v) is 8.72. The van der Waals surface area contributed by atoms with Crippen molar-refractivity contribution in [3.05, 3.63) is 32.6 Å². The summed E-state index contributed by atoms with van der Waals surface area (Å²) in [6.07, 6.45) is -6.84. The van der Waals surface area contributed by atoms with E-state index in [1.165, 1.54) is 6.92 Å². The number of sulfone groups is 2. The normalized spacial score (nSPS) is 26.1. The predicted octanol–water partition coefficient (Wildman–Crippen LogP) is -3.82. The van der Waals surface area contributed by atoms with Crippen LogP contribution in [0.15, 0.2) is 15.8 Å². The first-order valence-corrected chi connectivity index (χ1v) is 13.6. The van der Waals surface area contributed by atoms with E-state index in [9.17, 15) is 45.1 Å². The molecule has 0 saturated carbocycles. The number of nitrogens with zero attached hydrogens (tertiary/aromatic N) is 1. The molecular formula is C13H20N2O12S3. The highest BCUT2D eigenvalue weighted by Crippen LogP contribution is 2.42. The number of aromatic nitrogens is 2. The molecule has 1 saturated heterocycles. The highest BCUT2D eigenvalue weighted by atomic mass is 32.3. The second kappa shape index (κ2) is 7.50. The molecule has 0 amide bonds. The Morgan fingerprint density at radius 3 is 1.97 bits per heavy atom. The van der Waals surface area contributed by atoms with E-state index in [-0.39, 0.29) is 5.56 Å². The molecule has 2 heterocycles. The summed E-state index contributed by atoms with van der Waals surface area (Å²) in [6, 6.07) is 0. The van der Waals surface area contributed by atoms with Gasteiger partial charge in [-0.15, -0.1) is 0 Å². The Labute approximate surface area is 171 Å². The fourth-order valence-electron chi connectivity index (χ4n) is 3.04. The van der Waals surface area contributed by atoms with Crippen molar-refractivity contribution in [2.45, 2.75) is 35.7 Å². The summed E-state index contributed by atoms with van der Waals surface area (Å²) in [5.41, 5.74) is -1.94. The van der Waals surface area contributed by atoms with Crippen molar-refractivity contribution in [3.8, 4) is 0 Å². The van der Waals surface area contributed by atoms with Crippen LogP contribution in [0.5, 0.6) is 0 Å². The minimum Gasteiger partial charge on any atom is -0.387 e. The third-order valence-corrected chi connectivity index (χ3v) is 9.60. The van der Waals surface area contributed by atoms with Crippen molar-refractivity contribution in [3.63, 3.8) is 0 Å². The SMILES string of the molecule is Cc1cn([C@@H]2O[C@H](C(OS(C)(=O)=O)(S(C)(=O)=O)S(C)(=O)=O)[C@@H](O)[C@H]2O)c(=O)[nH]c1=O. The Hall–Kier alpha value is -1.63. The van der Waals surface area contributed by atoms with E-state index in [0.717, 1.165) is 6.20 Å². The van der Waals surface area contributed by atoms with Gasteiger partial charge in [0.15, 0.2) is 25.9 Å². The second-order valence-corrected chi connectivity index (χ2v) is 13.0. The van der Waals surface area contributed by atoms with Crippen molar-refractivity contribution in [2.24, 2.45) is 0 Å². The molecule has 0 spiro atoms. The lowest BCUT2D eigenvalue weighted by Gasteiger charge is -2.34. The van der Waals surface area contributed by atoms with Crippen molar-refractivity contribution >= 4 is 29.8 Å². The number of H-pyrrole nitrogens is 1. The second-order valence-electron chi connectivity index (χ2n) is 6.84.